The highest BCUT2D eigenvalue weighted by molar-refractivity contribution is 6.32. The highest BCUT2D eigenvalue weighted by Crippen LogP contribution is 2.34. The maximum Gasteiger partial charge on any atom is 0.244 e. The second-order valence-corrected chi connectivity index (χ2v) is 7.35. The van der Waals surface area contributed by atoms with Gasteiger partial charge in [-0.25, -0.2) is 4.98 Å². The molecule has 1 aliphatic rings. The fourth-order valence-electron chi connectivity index (χ4n) is 3.43. The van der Waals surface area contributed by atoms with Crippen molar-refractivity contribution in [3.05, 3.63) is 77.6 Å². The number of benzene rings is 3. The van der Waals surface area contributed by atoms with Crippen LogP contribution in [0, 0.1) is 0 Å². The van der Waals surface area contributed by atoms with Crippen molar-refractivity contribution < 1.29 is 19.0 Å². The number of amides is 1. The third-order valence-corrected chi connectivity index (χ3v) is 5.20. The van der Waals surface area contributed by atoms with Crippen LogP contribution in [0.5, 0.6) is 17.2 Å². The van der Waals surface area contributed by atoms with E-state index in [2.05, 4.69) is 10.3 Å². The number of hydrogen-bond donors (Lipinski definition) is 1. The van der Waals surface area contributed by atoms with Crippen LogP contribution >= 0.6 is 11.6 Å². The Hall–Kier alpha value is -3.71. The second-order valence-electron chi connectivity index (χ2n) is 6.94. The van der Waals surface area contributed by atoms with E-state index in [9.17, 15) is 4.79 Å². The lowest BCUT2D eigenvalue weighted by molar-refractivity contribution is -0.116. The quantitative estimate of drug-likeness (QED) is 0.477. The average Bonchev–Trinajstić information content (AvgIpc) is 3.37. The molecule has 1 amide bonds. The summed E-state index contributed by atoms with van der Waals surface area (Å²) in [7, 11) is 0. The number of nitrogens with zero attached hydrogens (tertiary/aromatic N) is 2. The molecule has 0 radical (unpaired) electrons. The summed E-state index contributed by atoms with van der Waals surface area (Å²) >= 11 is 6.19. The van der Waals surface area contributed by atoms with Crippen LogP contribution in [0.2, 0.25) is 5.02 Å². The van der Waals surface area contributed by atoms with E-state index < -0.39 is 0 Å². The lowest BCUT2D eigenvalue weighted by Crippen LogP contribution is -2.20. The number of ether oxygens (including phenoxy) is 3. The van der Waals surface area contributed by atoms with Gasteiger partial charge in [-0.3, -0.25) is 4.79 Å². The normalized spacial score (nSPS) is 12.2. The molecule has 0 bridgehead atoms. The smallest absolute Gasteiger partial charge is 0.244 e. The Kier molecular flexibility index (Phi) is 5.09. The molecule has 0 spiro atoms. The van der Waals surface area contributed by atoms with Gasteiger partial charge in [0.25, 0.3) is 0 Å². The molecule has 3 aromatic carbocycles. The molecule has 31 heavy (non-hydrogen) atoms. The second kappa shape index (κ2) is 8.20. The Morgan fingerprint density at radius 1 is 1.06 bits per heavy atom. The molecule has 1 aliphatic heterocycles. The summed E-state index contributed by atoms with van der Waals surface area (Å²) in [5, 5.41) is 3.42. The summed E-state index contributed by atoms with van der Waals surface area (Å²) < 4.78 is 18.4. The van der Waals surface area contributed by atoms with Gasteiger partial charge in [-0.15, -0.1) is 0 Å². The Labute approximate surface area is 183 Å². The van der Waals surface area contributed by atoms with Gasteiger partial charge in [-0.05, 0) is 36.4 Å². The van der Waals surface area contributed by atoms with Crippen molar-refractivity contribution in [1.29, 1.82) is 0 Å². The largest absolute Gasteiger partial charge is 0.484 e. The van der Waals surface area contributed by atoms with E-state index in [0.29, 0.717) is 33.8 Å². The van der Waals surface area contributed by atoms with E-state index in [1.807, 2.05) is 41.0 Å². The molecule has 1 aromatic heterocycles. The molecule has 0 saturated heterocycles. The van der Waals surface area contributed by atoms with Crippen LogP contribution in [0.15, 0.2) is 66.7 Å². The first kappa shape index (κ1) is 19.3. The van der Waals surface area contributed by atoms with E-state index in [1.54, 1.807) is 30.3 Å². The summed E-state index contributed by atoms with van der Waals surface area (Å²) in [6, 6.07) is 20.2. The predicted octanol–water partition coefficient (Wildman–Crippen LogP) is 4.64. The molecule has 0 unspecified atom stereocenters. The van der Waals surface area contributed by atoms with Crippen molar-refractivity contribution in [3.63, 3.8) is 0 Å². The van der Waals surface area contributed by atoms with Crippen molar-refractivity contribution >= 4 is 34.2 Å². The number of halogens is 1. The van der Waals surface area contributed by atoms with Gasteiger partial charge in [0.15, 0.2) is 11.5 Å². The number of carbonyl (C=O) groups is 1. The van der Waals surface area contributed by atoms with Crippen molar-refractivity contribution in [2.45, 2.75) is 13.2 Å². The Balaban J connectivity index is 1.37. The molecule has 0 saturated carbocycles. The molecule has 0 atom stereocenters. The van der Waals surface area contributed by atoms with Gasteiger partial charge in [0, 0.05) is 11.8 Å². The number of anilines is 1. The minimum atomic E-state index is -0.194. The molecular formula is C23H18ClN3O4. The number of rotatable bonds is 6. The van der Waals surface area contributed by atoms with Gasteiger partial charge < -0.3 is 24.1 Å². The van der Waals surface area contributed by atoms with Crippen LogP contribution in [-0.2, 0) is 17.9 Å². The fourth-order valence-corrected chi connectivity index (χ4v) is 3.62. The van der Waals surface area contributed by atoms with Gasteiger partial charge in [0.05, 0.1) is 16.1 Å². The maximum absolute atomic E-state index is 12.8. The first-order chi connectivity index (χ1) is 15.2. The molecule has 7 nitrogen and oxygen atoms in total. The fraction of sp³-hybridized carbons (Fsp3) is 0.130. The van der Waals surface area contributed by atoms with Crippen molar-refractivity contribution in [3.8, 4) is 17.2 Å². The number of nitrogens with one attached hydrogen (secondary N) is 1. The monoisotopic (exact) mass is 435 g/mol. The number of imidazole rings is 1. The van der Waals surface area contributed by atoms with Crippen LogP contribution in [0.3, 0.4) is 0 Å². The zero-order valence-electron chi connectivity index (χ0n) is 16.4. The van der Waals surface area contributed by atoms with Gasteiger partial charge in [-0.1, -0.05) is 35.9 Å². The first-order valence-corrected chi connectivity index (χ1v) is 10.1. The lowest BCUT2D eigenvalue weighted by Gasteiger charge is -2.12. The highest BCUT2D eigenvalue weighted by atomic mass is 35.5. The van der Waals surface area contributed by atoms with Gasteiger partial charge in [0.2, 0.25) is 12.7 Å². The van der Waals surface area contributed by atoms with Crippen LogP contribution in [0.25, 0.3) is 11.0 Å². The summed E-state index contributed by atoms with van der Waals surface area (Å²) in [6.45, 7) is 0.439. The number of para-hydroxylation sites is 3. The maximum atomic E-state index is 12.8. The molecule has 0 aliphatic carbocycles. The van der Waals surface area contributed by atoms with E-state index in [-0.39, 0.29) is 25.9 Å². The topological polar surface area (TPSA) is 74.6 Å². The minimum absolute atomic E-state index is 0.0795. The summed E-state index contributed by atoms with van der Waals surface area (Å²) in [5.41, 5.74) is 2.27. The molecule has 5 rings (SSSR count). The zero-order chi connectivity index (χ0) is 21.2. The molecule has 1 N–H and O–H groups in total. The lowest BCUT2D eigenvalue weighted by atomic mass is 10.2. The minimum Gasteiger partial charge on any atom is -0.484 e. The van der Waals surface area contributed by atoms with Crippen molar-refractivity contribution in [1.82, 2.24) is 9.55 Å². The molecule has 2 heterocycles. The van der Waals surface area contributed by atoms with Gasteiger partial charge in [-0.2, -0.15) is 0 Å². The number of aromatic nitrogens is 2. The Morgan fingerprint density at radius 2 is 1.87 bits per heavy atom. The van der Waals surface area contributed by atoms with E-state index in [1.165, 1.54) is 0 Å². The first-order valence-electron chi connectivity index (χ1n) is 9.68. The summed E-state index contributed by atoms with van der Waals surface area (Å²) in [6.07, 6.45) is 0. The SMILES string of the molecule is O=C(Cn1c(COc2ccccc2Cl)nc2ccccc21)Nc1ccc2c(c1)OCO2. The van der Waals surface area contributed by atoms with E-state index in [0.717, 1.165) is 11.0 Å². The van der Waals surface area contributed by atoms with E-state index >= 15 is 0 Å². The van der Waals surface area contributed by atoms with Crippen LogP contribution in [0.4, 0.5) is 5.69 Å². The molecule has 156 valence electrons. The molecular weight excluding hydrogens is 418 g/mol. The van der Waals surface area contributed by atoms with Gasteiger partial charge >= 0.3 is 0 Å². The summed E-state index contributed by atoms with van der Waals surface area (Å²) in [5.74, 6) is 2.27. The molecule has 0 fully saturated rings. The number of carbonyl (C=O) groups excluding carboxylic acids is 1. The standard InChI is InChI=1S/C23H18ClN3O4/c24-16-5-1-4-8-19(16)29-13-22-26-17-6-2-3-7-18(17)27(22)12-23(28)25-15-9-10-20-21(11-15)31-14-30-20/h1-11H,12-14H2,(H,25,28). The highest BCUT2D eigenvalue weighted by Gasteiger charge is 2.17. The molecule has 8 heteroatoms. The van der Waals surface area contributed by atoms with Crippen molar-refractivity contribution in [2.24, 2.45) is 0 Å². The summed E-state index contributed by atoms with van der Waals surface area (Å²) in [4.78, 5) is 17.5. The Bertz CT molecular complexity index is 1270. The van der Waals surface area contributed by atoms with Gasteiger partial charge in [0.1, 0.15) is 24.7 Å². The average molecular weight is 436 g/mol. The van der Waals surface area contributed by atoms with Crippen LogP contribution in [0.1, 0.15) is 5.82 Å². The third kappa shape index (κ3) is 4.00. The number of fused-ring (bicyclic) bond motifs is 2. The number of hydrogen-bond acceptors (Lipinski definition) is 5. The Morgan fingerprint density at radius 3 is 2.77 bits per heavy atom. The molecule has 4 aromatic rings. The van der Waals surface area contributed by atoms with Crippen molar-refractivity contribution in [2.75, 3.05) is 12.1 Å². The third-order valence-electron chi connectivity index (χ3n) is 4.89. The predicted molar refractivity (Wildman–Crippen MR) is 117 cm³/mol. The van der Waals surface area contributed by atoms with Crippen LogP contribution in [-0.4, -0.2) is 22.3 Å². The van der Waals surface area contributed by atoms with E-state index in [4.69, 9.17) is 25.8 Å². The zero-order valence-corrected chi connectivity index (χ0v) is 17.1. The van der Waals surface area contributed by atoms with Crippen LogP contribution < -0.4 is 19.5 Å².